The van der Waals surface area contributed by atoms with E-state index in [1.54, 1.807) is 0 Å². The molecule has 2 aliphatic heterocycles. The minimum atomic E-state index is 0.351. The monoisotopic (exact) mass is 329 g/mol. The Bertz CT molecular complexity index is 604. The number of rotatable bonds is 5. The number of pyridine rings is 1. The summed E-state index contributed by atoms with van der Waals surface area (Å²) < 4.78 is 6.10. The van der Waals surface area contributed by atoms with Crippen molar-refractivity contribution in [2.24, 2.45) is 0 Å². The highest BCUT2D eigenvalue weighted by molar-refractivity contribution is 7.09. The number of thiophene rings is 1. The number of piperazine rings is 1. The largest absolute Gasteiger partial charge is 0.371 e. The highest BCUT2D eigenvalue weighted by atomic mass is 32.1. The number of hydrogen-bond acceptors (Lipinski definition) is 5. The molecule has 0 N–H and O–H groups in total. The Morgan fingerprint density at radius 2 is 2.17 bits per heavy atom. The number of ether oxygens (including phenoxy) is 1. The third kappa shape index (κ3) is 3.80. The molecule has 2 aromatic rings. The molecular weight excluding hydrogens is 306 g/mol. The minimum absolute atomic E-state index is 0.351. The van der Waals surface area contributed by atoms with Gasteiger partial charge in [-0.3, -0.25) is 14.8 Å². The van der Waals surface area contributed by atoms with Gasteiger partial charge in [-0.05, 0) is 30.0 Å². The summed E-state index contributed by atoms with van der Waals surface area (Å²) >= 11 is 1.86. The van der Waals surface area contributed by atoms with Crippen LogP contribution < -0.4 is 0 Å². The molecule has 0 saturated carbocycles. The van der Waals surface area contributed by atoms with Crippen LogP contribution in [-0.2, 0) is 17.9 Å². The smallest absolute Gasteiger partial charge is 0.0892 e. The second-order valence-electron chi connectivity index (χ2n) is 6.45. The molecule has 2 saturated heterocycles. The molecule has 0 unspecified atom stereocenters. The molecule has 4 rings (SSSR count). The predicted molar refractivity (Wildman–Crippen MR) is 92.4 cm³/mol. The van der Waals surface area contributed by atoms with Gasteiger partial charge in [0.15, 0.2) is 0 Å². The van der Waals surface area contributed by atoms with Crippen LogP contribution in [0.5, 0.6) is 0 Å². The highest BCUT2D eigenvalue weighted by Crippen LogP contribution is 2.26. The quantitative estimate of drug-likeness (QED) is 0.843. The fraction of sp³-hybridized carbons (Fsp3) is 0.500. The molecule has 122 valence electrons. The second-order valence-corrected chi connectivity index (χ2v) is 7.49. The first-order valence-electron chi connectivity index (χ1n) is 8.37. The van der Waals surface area contributed by atoms with Gasteiger partial charge in [0, 0.05) is 49.8 Å². The average molecular weight is 329 g/mol. The molecule has 2 atom stereocenters. The summed E-state index contributed by atoms with van der Waals surface area (Å²) in [6.45, 7) is 6.30. The first-order chi connectivity index (χ1) is 11.4. The van der Waals surface area contributed by atoms with Crippen molar-refractivity contribution in [2.45, 2.75) is 31.7 Å². The molecule has 2 aromatic heterocycles. The van der Waals surface area contributed by atoms with Crippen LogP contribution in [0, 0.1) is 0 Å². The number of nitrogens with zero attached hydrogens (tertiary/aromatic N) is 3. The summed E-state index contributed by atoms with van der Waals surface area (Å²) in [5.74, 6) is 0. The van der Waals surface area contributed by atoms with E-state index in [2.05, 4.69) is 32.3 Å². The Labute approximate surface area is 141 Å². The van der Waals surface area contributed by atoms with Gasteiger partial charge in [0.1, 0.15) is 0 Å². The Morgan fingerprint density at radius 1 is 1.17 bits per heavy atom. The zero-order valence-electron chi connectivity index (χ0n) is 13.3. The Kier molecular flexibility index (Phi) is 4.71. The molecule has 2 fully saturated rings. The van der Waals surface area contributed by atoms with Crippen LogP contribution in [0.25, 0.3) is 0 Å². The van der Waals surface area contributed by atoms with Gasteiger partial charge in [-0.2, -0.15) is 0 Å². The summed E-state index contributed by atoms with van der Waals surface area (Å²) in [6, 6.07) is 11.0. The van der Waals surface area contributed by atoms with Gasteiger partial charge in [-0.1, -0.05) is 12.1 Å². The summed E-state index contributed by atoms with van der Waals surface area (Å²) in [7, 11) is 0. The molecule has 0 aliphatic carbocycles. The maximum Gasteiger partial charge on any atom is 0.0892 e. The highest BCUT2D eigenvalue weighted by Gasteiger charge is 2.36. The number of fused-ring (bicyclic) bond motifs is 1. The van der Waals surface area contributed by atoms with Gasteiger partial charge >= 0.3 is 0 Å². The van der Waals surface area contributed by atoms with Crippen molar-refractivity contribution in [3.63, 3.8) is 0 Å². The fourth-order valence-corrected chi connectivity index (χ4v) is 4.38. The van der Waals surface area contributed by atoms with Crippen molar-refractivity contribution in [3.8, 4) is 0 Å². The van der Waals surface area contributed by atoms with Gasteiger partial charge in [-0.25, -0.2) is 0 Å². The van der Waals surface area contributed by atoms with E-state index in [4.69, 9.17) is 4.74 Å². The normalized spacial score (nSPS) is 25.6. The maximum atomic E-state index is 6.10. The molecule has 5 heteroatoms. The Morgan fingerprint density at radius 3 is 3.00 bits per heavy atom. The SMILES string of the molecule is c1ccc(CO[C@H]2C[C@H]3CN(Cc4cccs4)CCN3C2)nc1. The third-order valence-electron chi connectivity index (χ3n) is 4.81. The Balaban J connectivity index is 1.27. The van der Waals surface area contributed by atoms with E-state index in [1.807, 2.05) is 35.7 Å². The van der Waals surface area contributed by atoms with Crippen LogP contribution in [0.4, 0.5) is 0 Å². The van der Waals surface area contributed by atoms with Gasteiger partial charge in [0.2, 0.25) is 0 Å². The van der Waals surface area contributed by atoms with E-state index in [0.717, 1.165) is 25.2 Å². The number of hydrogen-bond donors (Lipinski definition) is 0. The van der Waals surface area contributed by atoms with Crippen molar-refractivity contribution in [3.05, 3.63) is 52.5 Å². The van der Waals surface area contributed by atoms with Gasteiger partial charge in [0.25, 0.3) is 0 Å². The van der Waals surface area contributed by atoms with Gasteiger partial charge < -0.3 is 4.74 Å². The van der Waals surface area contributed by atoms with Crippen LogP contribution in [0.1, 0.15) is 17.0 Å². The average Bonchev–Trinajstić information content (AvgIpc) is 3.23. The molecule has 2 aliphatic rings. The van der Waals surface area contributed by atoms with E-state index in [1.165, 1.54) is 24.5 Å². The fourth-order valence-electron chi connectivity index (χ4n) is 3.63. The van der Waals surface area contributed by atoms with Crippen molar-refractivity contribution in [2.75, 3.05) is 26.2 Å². The molecular formula is C18H23N3OS. The van der Waals surface area contributed by atoms with Crippen molar-refractivity contribution >= 4 is 11.3 Å². The first kappa shape index (κ1) is 15.3. The third-order valence-corrected chi connectivity index (χ3v) is 5.68. The zero-order chi connectivity index (χ0) is 15.5. The van der Waals surface area contributed by atoms with E-state index >= 15 is 0 Å². The molecule has 0 radical (unpaired) electrons. The van der Waals surface area contributed by atoms with Gasteiger partial charge in [-0.15, -0.1) is 11.3 Å². The zero-order valence-corrected chi connectivity index (χ0v) is 14.1. The van der Waals surface area contributed by atoms with Gasteiger partial charge in [0.05, 0.1) is 18.4 Å². The van der Waals surface area contributed by atoms with Crippen LogP contribution in [0.2, 0.25) is 0 Å². The molecule has 0 spiro atoms. The summed E-state index contributed by atoms with van der Waals surface area (Å²) in [4.78, 5) is 11.0. The predicted octanol–water partition coefficient (Wildman–Crippen LogP) is 2.62. The van der Waals surface area contributed by atoms with Crippen molar-refractivity contribution < 1.29 is 4.74 Å². The summed E-state index contributed by atoms with van der Waals surface area (Å²) in [5.41, 5.74) is 1.02. The van der Waals surface area contributed by atoms with Crippen LogP contribution >= 0.6 is 11.3 Å². The van der Waals surface area contributed by atoms with Crippen molar-refractivity contribution in [1.82, 2.24) is 14.8 Å². The van der Waals surface area contributed by atoms with E-state index in [-0.39, 0.29) is 0 Å². The van der Waals surface area contributed by atoms with E-state index in [0.29, 0.717) is 18.8 Å². The topological polar surface area (TPSA) is 28.6 Å². The van der Waals surface area contributed by atoms with Crippen LogP contribution in [0.15, 0.2) is 41.9 Å². The van der Waals surface area contributed by atoms with Crippen LogP contribution in [0.3, 0.4) is 0 Å². The lowest BCUT2D eigenvalue weighted by Gasteiger charge is -2.37. The van der Waals surface area contributed by atoms with E-state index < -0.39 is 0 Å². The Hall–Kier alpha value is -1.27. The lowest BCUT2D eigenvalue weighted by molar-refractivity contribution is 0.0440. The molecule has 23 heavy (non-hydrogen) atoms. The lowest BCUT2D eigenvalue weighted by Crippen LogP contribution is -2.49. The molecule has 4 heterocycles. The van der Waals surface area contributed by atoms with E-state index in [9.17, 15) is 0 Å². The maximum absolute atomic E-state index is 6.10. The minimum Gasteiger partial charge on any atom is -0.371 e. The number of aromatic nitrogens is 1. The van der Waals surface area contributed by atoms with Crippen LogP contribution in [-0.4, -0.2) is 53.1 Å². The standard InChI is InChI=1S/C18H23N3OS/c1-2-6-19-15(4-1)14-22-17-10-16-11-20(7-8-21(16)12-17)13-18-5-3-9-23-18/h1-6,9,16-17H,7-8,10-14H2/t16-,17-/m0/s1. The molecule has 4 nitrogen and oxygen atoms in total. The first-order valence-corrected chi connectivity index (χ1v) is 9.25. The molecule has 0 amide bonds. The molecule has 0 bridgehead atoms. The lowest BCUT2D eigenvalue weighted by atomic mass is 10.1. The summed E-state index contributed by atoms with van der Waals surface area (Å²) in [6.07, 6.45) is 3.33. The summed E-state index contributed by atoms with van der Waals surface area (Å²) in [5, 5.41) is 2.17. The molecule has 0 aromatic carbocycles. The van der Waals surface area contributed by atoms with Crippen molar-refractivity contribution in [1.29, 1.82) is 0 Å². The second kappa shape index (κ2) is 7.09.